The standard InChI is InChI=1S/C16H10Cl2FNO/c17-9-11-7-10-3-1-2-4-15(10)20-16(11)21-12-5-6-14(19)13(18)8-12/h1-8H,9H2. The number of halogens is 3. The number of para-hydroxylation sites is 1. The largest absolute Gasteiger partial charge is 0.439 e. The molecule has 0 aliphatic carbocycles. The van der Waals surface area contributed by atoms with Crippen molar-refractivity contribution in [3.8, 4) is 11.6 Å². The minimum Gasteiger partial charge on any atom is -0.439 e. The van der Waals surface area contributed by atoms with Gasteiger partial charge in [0.25, 0.3) is 0 Å². The van der Waals surface area contributed by atoms with Gasteiger partial charge in [0.2, 0.25) is 5.88 Å². The van der Waals surface area contributed by atoms with Crippen LogP contribution in [0.3, 0.4) is 0 Å². The van der Waals surface area contributed by atoms with Gasteiger partial charge >= 0.3 is 0 Å². The van der Waals surface area contributed by atoms with E-state index in [1.165, 1.54) is 18.2 Å². The Balaban J connectivity index is 2.04. The first-order valence-electron chi connectivity index (χ1n) is 6.25. The molecule has 0 unspecified atom stereocenters. The third-order valence-electron chi connectivity index (χ3n) is 3.01. The van der Waals surface area contributed by atoms with Crippen molar-refractivity contribution in [1.82, 2.24) is 4.98 Å². The van der Waals surface area contributed by atoms with E-state index in [9.17, 15) is 4.39 Å². The van der Waals surface area contributed by atoms with Gasteiger partial charge in [-0.3, -0.25) is 0 Å². The summed E-state index contributed by atoms with van der Waals surface area (Å²) >= 11 is 11.7. The lowest BCUT2D eigenvalue weighted by Gasteiger charge is -2.10. The van der Waals surface area contributed by atoms with Gasteiger partial charge in [-0.2, -0.15) is 0 Å². The van der Waals surface area contributed by atoms with Gasteiger partial charge in [0, 0.05) is 17.0 Å². The maximum atomic E-state index is 13.2. The van der Waals surface area contributed by atoms with Gasteiger partial charge in [0.1, 0.15) is 11.6 Å². The zero-order valence-electron chi connectivity index (χ0n) is 10.8. The van der Waals surface area contributed by atoms with Crippen molar-refractivity contribution in [2.45, 2.75) is 5.88 Å². The van der Waals surface area contributed by atoms with Gasteiger partial charge in [-0.1, -0.05) is 29.8 Å². The molecule has 0 saturated carbocycles. The minimum absolute atomic E-state index is 0.000660. The molecule has 0 spiro atoms. The summed E-state index contributed by atoms with van der Waals surface area (Å²) in [5, 5.41) is 0.985. The van der Waals surface area contributed by atoms with Crippen LogP contribution in [-0.4, -0.2) is 4.98 Å². The van der Waals surface area contributed by atoms with Gasteiger partial charge in [0.15, 0.2) is 0 Å². The van der Waals surface area contributed by atoms with E-state index in [4.69, 9.17) is 27.9 Å². The van der Waals surface area contributed by atoms with Crippen LogP contribution in [0.1, 0.15) is 5.56 Å². The fraction of sp³-hybridized carbons (Fsp3) is 0.0625. The van der Waals surface area contributed by atoms with Crippen LogP contribution in [-0.2, 0) is 5.88 Å². The molecule has 0 N–H and O–H groups in total. The van der Waals surface area contributed by atoms with E-state index in [1.807, 2.05) is 30.3 Å². The lowest BCUT2D eigenvalue weighted by molar-refractivity contribution is 0.459. The summed E-state index contributed by atoms with van der Waals surface area (Å²) in [6.07, 6.45) is 0. The van der Waals surface area contributed by atoms with Crippen molar-refractivity contribution in [2.75, 3.05) is 0 Å². The van der Waals surface area contributed by atoms with Crippen LogP contribution in [0.2, 0.25) is 5.02 Å². The molecule has 0 bridgehead atoms. The molecule has 0 fully saturated rings. The predicted octanol–water partition coefficient (Wildman–Crippen LogP) is 5.56. The van der Waals surface area contributed by atoms with Crippen LogP contribution in [0, 0.1) is 5.82 Å². The predicted molar refractivity (Wildman–Crippen MR) is 82.8 cm³/mol. The minimum atomic E-state index is -0.493. The van der Waals surface area contributed by atoms with Crippen molar-refractivity contribution >= 4 is 34.1 Å². The number of benzene rings is 2. The Morgan fingerprint density at radius 1 is 1.10 bits per heavy atom. The third kappa shape index (κ3) is 2.94. The highest BCUT2D eigenvalue weighted by Crippen LogP contribution is 2.30. The van der Waals surface area contributed by atoms with E-state index in [0.29, 0.717) is 11.6 Å². The van der Waals surface area contributed by atoms with Crippen molar-refractivity contribution in [3.05, 3.63) is 64.9 Å². The number of hydrogen-bond donors (Lipinski definition) is 0. The van der Waals surface area contributed by atoms with E-state index in [-0.39, 0.29) is 10.9 Å². The highest BCUT2D eigenvalue weighted by molar-refractivity contribution is 6.30. The first-order valence-corrected chi connectivity index (χ1v) is 7.16. The van der Waals surface area contributed by atoms with Gasteiger partial charge < -0.3 is 4.74 Å². The quantitative estimate of drug-likeness (QED) is 0.589. The second kappa shape index (κ2) is 5.88. The average molecular weight is 322 g/mol. The normalized spacial score (nSPS) is 10.8. The zero-order chi connectivity index (χ0) is 14.8. The van der Waals surface area contributed by atoms with Crippen molar-refractivity contribution < 1.29 is 9.13 Å². The Labute approximate surface area is 131 Å². The molecule has 1 aromatic heterocycles. The number of rotatable bonds is 3. The first-order chi connectivity index (χ1) is 10.2. The van der Waals surface area contributed by atoms with Crippen molar-refractivity contribution in [2.24, 2.45) is 0 Å². The van der Waals surface area contributed by atoms with E-state index >= 15 is 0 Å². The van der Waals surface area contributed by atoms with E-state index in [1.54, 1.807) is 0 Å². The average Bonchev–Trinajstić information content (AvgIpc) is 2.50. The van der Waals surface area contributed by atoms with Gasteiger partial charge in [0.05, 0.1) is 16.4 Å². The van der Waals surface area contributed by atoms with Gasteiger partial charge in [-0.25, -0.2) is 9.37 Å². The van der Waals surface area contributed by atoms with Crippen molar-refractivity contribution in [1.29, 1.82) is 0 Å². The molecule has 2 nitrogen and oxygen atoms in total. The zero-order valence-corrected chi connectivity index (χ0v) is 12.3. The van der Waals surface area contributed by atoms with Crippen LogP contribution in [0.4, 0.5) is 4.39 Å². The Morgan fingerprint density at radius 3 is 2.67 bits per heavy atom. The van der Waals surface area contributed by atoms with Crippen molar-refractivity contribution in [3.63, 3.8) is 0 Å². The second-order valence-electron chi connectivity index (χ2n) is 4.46. The number of pyridine rings is 1. The third-order valence-corrected chi connectivity index (χ3v) is 3.59. The first kappa shape index (κ1) is 14.1. The molecule has 0 aliphatic heterocycles. The summed E-state index contributed by atoms with van der Waals surface area (Å²) in [6.45, 7) is 0. The summed E-state index contributed by atoms with van der Waals surface area (Å²) in [7, 11) is 0. The molecular formula is C16H10Cl2FNO. The van der Waals surface area contributed by atoms with Crippen LogP contribution >= 0.6 is 23.2 Å². The number of aromatic nitrogens is 1. The number of hydrogen-bond acceptors (Lipinski definition) is 2. The highest BCUT2D eigenvalue weighted by Gasteiger charge is 2.10. The molecule has 0 saturated heterocycles. The molecule has 0 atom stereocenters. The van der Waals surface area contributed by atoms with Crippen LogP contribution < -0.4 is 4.74 Å². The molecule has 1 heterocycles. The smallest absolute Gasteiger partial charge is 0.224 e. The summed E-state index contributed by atoms with van der Waals surface area (Å²) in [5.74, 6) is 0.581. The van der Waals surface area contributed by atoms with Crippen LogP contribution in [0.25, 0.3) is 10.9 Å². The van der Waals surface area contributed by atoms with Crippen LogP contribution in [0.15, 0.2) is 48.5 Å². The molecule has 106 valence electrons. The number of alkyl halides is 1. The number of nitrogens with zero attached hydrogens (tertiary/aromatic N) is 1. The fourth-order valence-corrected chi connectivity index (χ4v) is 2.34. The van der Waals surface area contributed by atoms with Gasteiger partial charge in [-0.05, 0) is 24.3 Å². The number of ether oxygens (including phenoxy) is 1. The molecule has 0 radical (unpaired) electrons. The molecule has 21 heavy (non-hydrogen) atoms. The van der Waals surface area contributed by atoms with E-state index in [0.717, 1.165) is 16.5 Å². The fourth-order valence-electron chi connectivity index (χ4n) is 1.98. The maximum absolute atomic E-state index is 13.2. The molecule has 3 aromatic rings. The maximum Gasteiger partial charge on any atom is 0.224 e. The molecule has 5 heteroatoms. The van der Waals surface area contributed by atoms with E-state index in [2.05, 4.69) is 4.98 Å². The summed E-state index contributed by atoms with van der Waals surface area (Å²) < 4.78 is 18.9. The topological polar surface area (TPSA) is 22.1 Å². The van der Waals surface area contributed by atoms with E-state index < -0.39 is 5.82 Å². The lowest BCUT2D eigenvalue weighted by Crippen LogP contribution is -1.94. The molecule has 0 aliphatic rings. The molecule has 3 rings (SSSR count). The monoisotopic (exact) mass is 321 g/mol. The Kier molecular flexibility index (Phi) is 3.95. The molecule has 0 amide bonds. The molecule has 2 aromatic carbocycles. The molecular weight excluding hydrogens is 312 g/mol. The summed E-state index contributed by atoms with van der Waals surface area (Å²) in [4.78, 5) is 4.45. The Bertz CT molecular complexity index is 807. The lowest BCUT2D eigenvalue weighted by atomic mass is 10.2. The summed E-state index contributed by atoms with van der Waals surface area (Å²) in [5.41, 5.74) is 1.56. The Morgan fingerprint density at radius 2 is 1.90 bits per heavy atom. The highest BCUT2D eigenvalue weighted by atomic mass is 35.5. The second-order valence-corrected chi connectivity index (χ2v) is 5.13. The Hall–Kier alpha value is -1.84. The van der Waals surface area contributed by atoms with Gasteiger partial charge in [-0.15, -0.1) is 11.6 Å². The SMILES string of the molecule is Fc1ccc(Oc2nc3ccccc3cc2CCl)cc1Cl. The number of fused-ring (bicyclic) bond motifs is 1. The van der Waals surface area contributed by atoms with Crippen LogP contribution in [0.5, 0.6) is 11.6 Å². The summed E-state index contributed by atoms with van der Waals surface area (Å²) in [6, 6.07) is 13.8.